The minimum absolute atomic E-state index is 0.0171. The van der Waals surface area contributed by atoms with Gasteiger partial charge < -0.3 is 10.2 Å². The monoisotopic (exact) mass is 360 g/mol. The number of nitrogens with zero attached hydrogens (tertiary/aromatic N) is 1. The van der Waals surface area contributed by atoms with Gasteiger partial charge in [0.2, 0.25) is 0 Å². The lowest BCUT2D eigenvalue weighted by Crippen LogP contribution is -2.47. The molecule has 0 bridgehead atoms. The fourth-order valence-corrected chi connectivity index (χ4v) is 4.48. The standard InChI is InChI=1S/C14H21BrN2O2S/c1-3-16-9-12-4-5-13(15)8-14(12)17-6-7-20(18,19)10-11(17)2/h4-5,8,11,16H,3,6-7,9-10H2,1-2H3. The highest BCUT2D eigenvalue weighted by molar-refractivity contribution is 9.10. The number of halogens is 1. The van der Waals surface area contributed by atoms with Crippen molar-refractivity contribution in [3.05, 3.63) is 28.2 Å². The number of nitrogens with one attached hydrogen (secondary N) is 1. The van der Waals surface area contributed by atoms with Crippen LogP contribution in [-0.2, 0) is 16.4 Å². The van der Waals surface area contributed by atoms with Crippen molar-refractivity contribution in [1.29, 1.82) is 0 Å². The summed E-state index contributed by atoms with van der Waals surface area (Å²) in [5, 5.41) is 3.33. The molecule has 1 aromatic rings. The zero-order valence-corrected chi connectivity index (χ0v) is 14.3. The van der Waals surface area contributed by atoms with E-state index in [-0.39, 0.29) is 17.5 Å². The first-order valence-corrected chi connectivity index (χ1v) is 9.50. The van der Waals surface area contributed by atoms with Gasteiger partial charge in [-0.2, -0.15) is 0 Å². The summed E-state index contributed by atoms with van der Waals surface area (Å²) < 4.78 is 24.4. The summed E-state index contributed by atoms with van der Waals surface area (Å²) >= 11 is 3.51. The van der Waals surface area contributed by atoms with E-state index in [1.54, 1.807) is 0 Å². The van der Waals surface area contributed by atoms with Crippen LogP contribution < -0.4 is 10.2 Å². The lowest BCUT2D eigenvalue weighted by molar-refractivity contribution is 0.567. The third-order valence-electron chi connectivity index (χ3n) is 3.59. The van der Waals surface area contributed by atoms with Crippen LogP contribution in [0, 0.1) is 0 Å². The molecular formula is C14H21BrN2O2S. The Bertz CT molecular complexity index is 575. The average molecular weight is 361 g/mol. The van der Waals surface area contributed by atoms with Crippen LogP contribution in [0.5, 0.6) is 0 Å². The van der Waals surface area contributed by atoms with Crippen LogP contribution in [0.3, 0.4) is 0 Å². The smallest absolute Gasteiger partial charge is 0.154 e. The van der Waals surface area contributed by atoms with Crippen LogP contribution in [0.25, 0.3) is 0 Å². The molecule has 4 nitrogen and oxygen atoms in total. The van der Waals surface area contributed by atoms with Gasteiger partial charge in [0.25, 0.3) is 0 Å². The third-order valence-corrected chi connectivity index (χ3v) is 5.88. The van der Waals surface area contributed by atoms with Gasteiger partial charge in [-0.05, 0) is 31.2 Å². The van der Waals surface area contributed by atoms with Gasteiger partial charge >= 0.3 is 0 Å². The minimum atomic E-state index is -2.88. The number of benzene rings is 1. The predicted octanol–water partition coefficient (Wildman–Crippen LogP) is 2.18. The Balaban J connectivity index is 2.29. The highest BCUT2D eigenvalue weighted by atomic mass is 79.9. The summed E-state index contributed by atoms with van der Waals surface area (Å²) in [6, 6.07) is 6.23. The van der Waals surface area contributed by atoms with E-state index in [0.717, 1.165) is 23.2 Å². The molecule has 2 rings (SSSR count). The van der Waals surface area contributed by atoms with Gasteiger partial charge in [0.15, 0.2) is 9.84 Å². The summed E-state index contributed by atoms with van der Waals surface area (Å²) in [5.74, 6) is 0.477. The molecule has 0 spiro atoms. The van der Waals surface area contributed by atoms with E-state index >= 15 is 0 Å². The highest BCUT2D eigenvalue weighted by Crippen LogP contribution is 2.29. The van der Waals surface area contributed by atoms with E-state index in [9.17, 15) is 8.42 Å². The van der Waals surface area contributed by atoms with Crippen LogP contribution in [-0.4, -0.2) is 39.1 Å². The molecule has 0 amide bonds. The summed E-state index contributed by atoms with van der Waals surface area (Å²) in [4.78, 5) is 2.21. The van der Waals surface area contributed by atoms with Crippen molar-refractivity contribution >= 4 is 31.5 Å². The molecule has 1 aromatic carbocycles. The zero-order chi connectivity index (χ0) is 14.8. The maximum absolute atomic E-state index is 11.7. The Morgan fingerprint density at radius 3 is 2.85 bits per heavy atom. The Kier molecular flexibility index (Phi) is 5.09. The number of anilines is 1. The maximum atomic E-state index is 11.7. The summed E-state index contributed by atoms with van der Waals surface area (Å²) in [5.41, 5.74) is 2.34. The Morgan fingerprint density at radius 2 is 2.20 bits per heavy atom. The first-order valence-electron chi connectivity index (χ1n) is 6.89. The van der Waals surface area contributed by atoms with E-state index in [4.69, 9.17) is 0 Å². The van der Waals surface area contributed by atoms with Gasteiger partial charge in [0, 0.05) is 29.3 Å². The predicted molar refractivity (Wildman–Crippen MR) is 87.0 cm³/mol. The van der Waals surface area contributed by atoms with Crippen LogP contribution in [0.2, 0.25) is 0 Å². The van der Waals surface area contributed by atoms with Crippen molar-refractivity contribution in [2.75, 3.05) is 29.5 Å². The molecule has 1 aliphatic rings. The second-order valence-electron chi connectivity index (χ2n) is 5.21. The van der Waals surface area contributed by atoms with E-state index in [1.807, 2.05) is 13.0 Å². The molecule has 20 heavy (non-hydrogen) atoms. The largest absolute Gasteiger partial charge is 0.366 e. The van der Waals surface area contributed by atoms with Crippen molar-refractivity contribution in [2.45, 2.75) is 26.4 Å². The molecule has 1 N–H and O–H groups in total. The zero-order valence-electron chi connectivity index (χ0n) is 11.9. The average Bonchev–Trinajstić information content (AvgIpc) is 2.36. The van der Waals surface area contributed by atoms with Crippen LogP contribution in [0.15, 0.2) is 22.7 Å². The van der Waals surface area contributed by atoms with Crippen molar-refractivity contribution in [2.24, 2.45) is 0 Å². The fourth-order valence-electron chi connectivity index (χ4n) is 2.57. The highest BCUT2D eigenvalue weighted by Gasteiger charge is 2.29. The SMILES string of the molecule is CCNCc1ccc(Br)cc1N1CCS(=O)(=O)CC1C. The van der Waals surface area contributed by atoms with Gasteiger partial charge in [-0.3, -0.25) is 0 Å². The topological polar surface area (TPSA) is 49.4 Å². The lowest BCUT2D eigenvalue weighted by atomic mass is 10.1. The van der Waals surface area contributed by atoms with E-state index in [2.05, 4.69) is 45.2 Å². The van der Waals surface area contributed by atoms with Gasteiger partial charge in [-0.15, -0.1) is 0 Å². The van der Waals surface area contributed by atoms with Crippen molar-refractivity contribution < 1.29 is 8.42 Å². The first-order chi connectivity index (χ1) is 9.43. The second kappa shape index (κ2) is 6.45. The molecule has 1 saturated heterocycles. The third kappa shape index (κ3) is 3.74. The first kappa shape index (κ1) is 15.8. The van der Waals surface area contributed by atoms with Crippen molar-refractivity contribution in [3.8, 4) is 0 Å². The summed E-state index contributed by atoms with van der Waals surface area (Å²) in [6.45, 7) is 6.34. The molecule has 0 saturated carbocycles. The normalized spacial score (nSPS) is 21.9. The van der Waals surface area contributed by atoms with E-state index < -0.39 is 9.84 Å². The lowest BCUT2D eigenvalue weighted by Gasteiger charge is -2.36. The second-order valence-corrected chi connectivity index (χ2v) is 8.35. The van der Waals surface area contributed by atoms with Crippen molar-refractivity contribution in [3.63, 3.8) is 0 Å². The molecule has 1 heterocycles. The van der Waals surface area contributed by atoms with E-state index in [1.165, 1.54) is 5.56 Å². The Morgan fingerprint density at radius 1 is 1.45 bits per heavy atom. The number of sulfone groups is 1. The molecule has 1 aliphatic heterocycles. The number of hydrogen-bond acceptors (Lipinski definition) is 4. The number of hydrogen-bond donors (Lipinski definition) is 1. The molecule has 6 heteroatoms. The van der Waals surface area contributed by atoms with Gasteiger partial charge in [-0.25, -0.2) is 8.42 Å². The van der Waals surface area contributed by atoms with Gasteiger partial charge in [-0.1, -0.05) is 28.9 Å². The van der Waals surface area contributed by atoms with Gasteiger partial charge in [0.05, 0.1) is 11.5 Å². The fraction of sp³-hybridized carbons (Fsp3) is 0.571. The van der Waals surface area contributed by atoms with Gasteiger partial charge in [0.1, 0.15) is 0 Å². The van der Waals surface area contributed by atoms with Crippen LogP contribution in [0.4, 0.5) is 5.69 Å². The van der Waals surface area contributed by atoms with E-state index in [0.29, 0.717) is 6.54 Å². The Hall–Kier alpha value is -0.590. The molecule has 1 fully saturated rings. The molecule has 0 aliphatic carbocycles. The van der Waals surface area contributed by atoms with Crippen LogP contribution in [0.1, 0.15) is 19.4 Å². The minimum Gasteiger partial charge on any atom is -0.366 e. The van der Waals surface area contributed by atoms with Crippen LogP contribution >= 0.6 is 15.9 Å². The molecule has 1 atom stereocenters. The maximum Gasteiger partial charge on any atom is 0.154 e. The summed E-state index contributed by atoms with van der Waals surface area (Å²) in [6.07, 6.45) is 0. The number of rotatable bonds is 4. The Labute approximate surface area is 129 Å². The summed E-state index contributed by atoms with van der Waals surface area (Å²) in [7, 11) is -2.88. The quantitative estimate of drug-likeness (QED) is 0.893. The van der Waals surface area contributed by atoms with Crippen molar-refractivity contribution in [1.82, 2.24) is 5.32 Å². The molecule has 0 aromatic heterocycles. The molecular weight excluding hydrogens is 340 g/mol. The molecule has 112 valence electrons. The molecule has 1 unspecified atom stereocenters. The molecule has 0 radical (unpaired) electrons.